The van der Waals surface area contributed by atoms with Gasteiger partial charge < -0.3 is 15.0 Å². The van der Waals surface area contributed by atoms with Crippen LogP contribution in [0.25, 0.3) is 0 Å². The highest BCUT2D eigenvalue weighted by atomic mass is 35.5. The molecule has 1 saturated heterocycles. The van der Waals surface area contributed by atoms with E-state index in [2.05, 4.69) is 20.2 Å². The van der Waals surface area contributed by atoms with E-state index in [4.69, 9.17) is 16.3 Å². The van der Waals surface area contributed by atoms with Gasteiger partial charge in [0.05, 0.1) is 0 Å². The molecule has 2 heterocycles. The molecule has 0 radical (unpaired) electrons. The minimum Gasteiger partial charge on any atom is -0.444 e. The number of hydrogen-bond acceptors (Lipinski definition) is 5. The third-order valence-electron chi connectivity index (χ3n) is 3.28. The molecule has 1 aliphatic heterocycles. The third-order valence-corrected chi connectivity index (χ3v) is 3.45. The molecule has 1 fully saturated rings. The van der Waals surface area contributed by atoms with Gasteiger partial charge in [0.2, 0.25) is 5.28 Å². The Bertz CT molecular complexity index is 525. The van der Waals surface area contributed by atoms with E-state index < -0.39 is 5.60 Å². The fourth-order valence-corrected chi connectivity index (χ4v) is 2.68. The quantitative estimate of drug-likeness (QED) is 0.846. The number of carbonyl (C=O) groups excluding carboxylic acids is 1. The molecule has 2 rings (SSSR count). The smallest absolute Gasteiger partial charge is 0.407 e. The van der Waals surface area contributed by atoms with Gasteiger partial charge in [-0.05, 0) is 52.1 Å². The van der Waals surface area contributed by atoms with Gasteiger partial charge in [-0.1, -0.05) is 0 Å². The van der Waals surface area contributed by atoms with Crippen LogP contribution in [0.3, 0.4) is 0 Å². The second-order valence-electron chi connectivity index (χ2n) is 6.57. The van der Waals surface area contributed by atoms with Gasteiger partial charge in [0.25, 0.3) is 0 Å². The predicted octanol–water partition coefficient (Wildman–Crippen LogP) is 2.93. The lowest BCUT2D eigenvalue weighted by Crippen LogP contribution is -2.49. The zero-order valence-electron chi connectivity index (χ0n) is 13.5. The van der Waals surface area contributed by atoms with Gasteiger partial charge in [0.15, 0.2) is 0 Å². The first-order chi connectivity index (χ1) is 10.2. The Morgan fingerprint density at radius 2 is 2.18 bits per heavy atom. The van der Waals surface area contributed by atoms with Crippen molar-refractivity contribution in [3.63, 3.8) is 0 Å². The monoisotopic (exact) mass is 326 g/mol. The van der Waals surface area contributed by atoms with Gasteiger partial charge in [-0.2, -0.15) is 0 Å². The van der Waals surface area contributed by atoms with Crippen molar-refractivity contribution < 1.29 is 9.53 Å². The predicted molar refractivity (Wildman–Crippen MR) is 86.4 cm³/mol. The molecule has 0 unspecified atom stereocenters. The van der Waals surface area contributed by atoms with E-state index in [1.807, 2.05) is 33.8 Å². The highest BCUT2D eigenvalue weighted by molar-refractivity contribution is 6.28. The van der Waals surface area contributed by atoms with Crippen molar-refractivity contribution in [2.45, 2.75) is 52.2 Å². The maximum absolute atomic E-state index is 11.9. The fourth-order valence-electron chi connectivity index (χ4n) is 2.46. The molecule has 0 bridgehead atoms. The number of anilines is 1. The molecule has 0 aromatic carbocycles. The Kier molecular flexibility index (Phi) is 5.11. The summed E-state index contributed by atoms with van der Waals surface area (Å²) in [5.74, 6) is 0.799. The maximum Gasteiger partial charge on any atom is 0.407 e. The van der Waals surface area contributed by atoms with Crippen LogP contribution in [-0.4, -0.2) is 40.8 Å². The summed E-state index contributed by atoms with van der Waals surface area (Å²) in [5.41, 5.74) is 0.340. The fraction of sp³-hybridized carbons (Fsp3) is 0.667. The van der Waals surface area contributed by atoms with E-state index in [9.17, 15) is 4.79 Å². The molecular formula is C15H23ClN4O2. The molecule has 6 nitrogen and oxygen atoms in total. The molecule has 1 aliphatic rings. The topological polar surface area (TPSA) is 67.4 Å². The van der Waals surface area contributed by atoms with E-state index in [1.54, 1.807) is 0 Å². The number of halogens is 1. The molecule has 22 heavy (non-hydrogen) atoms. The molecule has 7 heteroatoms. The number of carbonyl (C=O) groups is 1. The SMILES string of the molecule is Cc1cc(N2CCC[C@@H](NC(=O)OC(C)(C)C)C2)nc(Cl)n1. The number of alkyl carbamates (subject to hydrolysis) is 1. The molecule has 122 valence electrons. The number of nitrogens with zero attached hydrogens (tertiary/aromatic N) is 3. The number of piperidine rings is 1. The van der Waals surface area contributed by atoms with Crippen molar-refractivity contribution >= 4 is 23.5 Å². The van der Waals surface area contributed by atoms with Crippen molar-refractivity contribution in [2.75, 3.05) is 18.0 Å². The molecule has 0 aliphatic carbocycles. The van der Waals surface area contributed by atoms with E-state index in [-0.39, 0.29) is 17.4 Å². The summed E-state index contributed by atoms with van der Waals surface area (Å²) in [4.78, 5) is 22.3. The lowest BCUT2D eigenvalue weighted by Gasteiger charge is -2.34. The first-order valence-electron chi connectivity index (χ1n) is 7.48. The summed E-state index contributed by atoms with van der Waals surface area (Å²) in [6.07, 6.45) is 1.52. The van der Waals surface area contributed by atoms with Gasteiger partial charge in [-0.3, -0.25) is 0 Å². The van der Waals surface area contributed by atoms with Crippen LogP contribution in [0.2, 0.25) is 5.28 Å². The molecule has 1 N–H and O–H groups in total. The normalized spacial score (nSPS) is 19.0. The lowest BCUT2D eigenvalue weighted by atomic mass is 10.1. The van der Waals surface area contributed by atoms with Crippen LogP contribution < -0.4 is 10.2 Å². The van der Waals surface area contributed by atoms with Gasteiger partial charge in [-0.15, -0.1) is 0 Å². The zero-order valence-corrected chi connectivity index (χ0v) is 14.3. The van der Waals surface area contributed by atoms with Crippen molar-refractivity contribution in [2.24, 2.45) is 0 Å². The Morgan fingerprint density at radius 1 is 1.45 bits per heavy atom. The van der Waals surface area contributed by atoms with Crippen molar-refractivity contribution in [1.82, 2.24) is 15.3 Å². The summed E-state index contributed by atoms with van der Waals surface area (Å²) in [6, 6.07) is 1.94. The van der Waals surface area contributed by atoms with E-state index >= 15 is 0 Å². The van der Waals surface area contributed by atoms with Crippen LogP contribution in [0.1, 0.15) is 39.3 Å². The Labute approximate surface area is 136 Å². The van der Waals surface area contributed by atoms with Gasteiger partial charge in [0, 0.05) is 30.9 Å². The molecule has 1 aromatic rings. The molecule has 1 atom stereocenters. The van der Waals surface area contributed by atoms with E-state index in [0.717, 1.165) is 30.9 Å². The highest BCUT2D eigenvalue weighted by Crippen LogP contribution is 2.20. The van der Waals surface area contributed by atoms with Crippen molar-refractivity contribution in [3.05, 3.63) is 17.0 Å². The number of aryl methyl sites for hydroxylation is 1. The average molecular weight is 327 g/mol. The number of hydrogen-bond donors (Lipinski definition) is 1. The van der Waals surface area contributed by atoms with Gasteiger partial charge in [0.1, 0.15) is 11.4 Å². The second kappa shape index (κ2) is 6.69. The summed E-state index contributed by atoms with van der Waals surface area (Å²) in [6.45, 7) is 9.02. The summed E-state index contributed by atoms with van der Waals surface area (Å²) < 4.78 is 5.30. The minimum atomic E-state index is -0.490. The summed E-state index contributed by atoms with van der Waals surface area (Å²) in [5, 5.41) is 3.17. The number of amides is 1. The maximum atomic E-state index is 11.9. The minimum absolute atomic E-state index is 0.0395. The number of aromatic nitrogens is 2. The Balaban J connectivity index is 1.98. The third kappa shape index (κ3) is 5.02. The summed E-state index contributed by atoms with van der Waals surface area (Å²) >= 11 is 5.92. The second-order valence-corrected chi connectivity index (χ2v) is 6.91. The Hall–Kier alpha value is -1.56. The van der Waals surface area contributed by atoms with Crippen LogP contribution in [-0.2, 0) is 4.74 Å². The average Bonchev–Trinajstić information content (AvgIpc) is 2.35. The highest BCUT2D eigenvalue weighted by Gasteiger charge is 2.25. The van der Waals surface area contributed by atoms with Crippen molar-refractivity contribution in [1.29, 1.82) is 0 Å². The summed E-state index contributed by atoms with van der Waals surface area (Å²) in [7, 11) is 0. The first-order valence-corrected chi connectivity index (χ1v) is 7.86. The number of nitrogens with one attached hydrogen (secondary N) is 1. The van der Waals surface area contributed by atoms with Crippen LogP contribution in [0, 0.1) is 6.92 Å². The number of rotatable bonds is 2. The largest absolute Gasteiger partial charge is 0.444 e. The first kappa shape index (κ1) is 16.8. The molecule has 1 amide bonds. The lowest BCUT2D eigenvalue weighted by molar-refractivity contribution is 0.0500. The molecule has 0 spiro atoms. The zero-order chi connectivity index (χ0) is 16.3. The standard InChI is InChI=1S/C15H23ClN4O2/c1-10-8-12(19-13(16)17-10)20-7-5-6-11(9-20)18-14(21)22-15(2,3)4/h8,11H,5-7,9H2,1-4H3,(H,18,21)/t11-/m1/s1. The van der Waals surface area contributed by atoms with E-state index in [1.165, 1.54) is 0 Å². The molecular weight excluding hydrogens is 304 g/mol. The van der Waals surface area contributed by atoms with Gasteiger partial charge >= 0.3 is 6.09 Å². The van der Waals surface area contributed by atoms with Crippen LogP contribution in [0.5, 0.6) is 0 Å². The van der Waals surface area contributed by atoms with Crippen LogP contribution in [0.4, 0.5) is 10.6 Å². The van der Waals surface area contributed by atoms with Crippen LogP contribution >= 0.6 is 11.6 Å². The van der Waals surface area contributed by atoms with Crippen molar-refractivity contribution in [3.8, 4) is 0 Å². The van der Waals surface area contributed by atoms with Crippen LogP contribution in [0.15, 0.2) is 6.07 Å². The molecule has 0 saturated carbocycles. The van der Waals surface area contributed by atoms with E-state index in [0.29, 0.717) is 6.54 Å². The van der Waals surface area contributed by atoms with Gasteiger partial charge in [-0.25, -0.2) is 14.8 Å². The Morgan fingerprint density at radius 3 is 2.82 bits per heavy atom. The molecule has 1 aromatic heterocycles. The number of ether oxygens (including phenoxy) is 1.